The Morgan fingerprint density at radius 1 is 1.07 bits per heavy atom. The third-order valence-electron chi connectivity index (χ3n) is 4.20. The molecule has 0 fully saturated rings. The number of amides is 1. The lowest BCUT2D eigenvalue weighted by molar-refractivity contribution is 0.102. The summed E-state index contributed by atoms with van der Waals surface area (Å²) in [6.45, 7) is 3.39. The molecule has 2 aromatic carbocycles. The first-order valence-electron chi connectivity index (χ1n) is 8.33. The van der Waals surface area contributed by atoms with Crippen LogP contribution in [0.15, 0.2) is 64.0 Å². The normalized spacial score (nSPS) is 11.3. The van der Waals surface area contributed by atoms with Gasteiger partial charge in [-0.05, 0) is 55.8 Å². The Hall–Kier alpha value is -2.55. The van der Waals surface area contributed by atoms with Crippen LogP contribution in [0.3, 0.4) is 0 Å². The van der Waals surface area contributed by atoms with Crippen molar-refractivity contribution in [2.75, 3.05) is 5.32 Å². The van der Waals surface area contributed by atoms with Gasteiger partial charge >= 0.3 is 0 Å². The maximum atomic E-state index is 12.6. The van der Waals surface area contributed by atoms with Crippen molar-refractivity contribution in [3.8, 4) is 11.3 Å². The zero-order valence-electron chi connectivity index (χ0n) is 15.2. The predicted molar refractivity (Wildman–Crippen MR) is 113 cm³/mol. The van der Waals surface area contributed by atoms with Gasteiger partial charge in [-0.1, -0.05) is 34.1 Å². The molecule has 3 N–H and O–H groups in total. The van der Waals surface area contributed by atoms with E-state index < -0.39 is 10.0 Å². The molecule has 0 aliphatic rings. The van der Waals surface area contributed by atoms with Crippen LogP contribution in [0.25, 0.3) is 11.3 Å². The zero-order chi connectivity index (χ0) is 20.5. The summed E-state index contributed by atoms with van der Waals surface area (Å²) in [5.74, 6) is -0.380. The standard InChI is InChI=1S/C20H18BrN3O3S/c1-12-6-7-16(11-19(12)28(22,26)27)24-20(25)17-8-9-18(23-13(17)2)14-4-3-5-15(21)10-14/h3-11H,1-2H3,(H,24,25)(H2,22,26,27). The first-order chi connectivity index (χ1) is 13.1. The largest absolute Gasteiger partial charge is 0.322 e. The van der Waals surface area contributed by atoms with Crippen molar-refractivity contribution in [2.24, 2.45) is 5.14 Å². The van der Waals surface area contributed by atoms with Crippen LogP contribution >= 0.6 is 15.9 Å². The Kier molecular flexibility index (Phi) is 5.64. The molecule has 1 amide bonds. The summed E-state index contributed by atoms with van der Waals surface area (Å²) in [4.78, 5) is 17.1. The van der Waals surface area contributed by atoms with Crippen LogP contribution in [0.4, 0.5) is 5.69 Å². The van der Waals surface area contributed by atoms with Crippen LogP contribution in [0.1, 0.15) is 21.6 Å². The van der Waals surface area contributed by atoms with Crippen LogP contribution in [-0.4, -0.2) is 19.3 Å². The lowest BCUT2D eigenvalue weighted by Crippen LogP contribution is -2.17. The van der Waals surface area contributed by atoms with Crippen LogP contribution in [0.5, 0.6) is 0 Å². The molecule has 0 spiro atoms. The molecule has 3 aromatic rings. The smallest absolute Gasteiger partial charge is 0.257 e. The van der Waals surface area contributed by atoms with Crippen molar-refractivity contribution >= 4 is 37.5 Å². The number of hydrogen-bond acceptors (Lipinski definition) is 4. The molecule has 0 bridgehead atoms. The number of aromatic nitrogens is 1. The topological polar surface area (TPSA) is 102 Å². The molecule has 144 valence electrons. The van der Waals surface area contributed by atoms with Crippen molar-refractivity contribution in [3.63, 3.8) is 0 Å². The minimum atomic E-state index is -3.87. The number of aryl methyl sites for hydroxylation is 2. The maximum absolute atomic E-state index is 12.6. The number of sulfonamides is 1. The van der Waals surface area contributed by atoms with Gasteiger partial charge in [-0.3, -0.25) is 9.78 Å². The fourth-order valence-corrected chi connectivity index (χ4v) is 4.00. The third kappa shape index (κ3) is 4.46. The van der Waals surface area contributed by atoms with E-state index in [0.29, 0.717) is 22.5 Å². The van der Waals surface area contributed by atoms with E-state index in [1.807, 2.05) is 24.3 Å². The third-order valence-corrected chi connectivity index (χ3v) is 5.75. The molecule has 0 aliphatic carbocycles. The Balaban J connectivity index is 1.88. The highest BCUT2D eigenvalue weighted by molar-refractivity contribution is 9.10. The second-order valence-electron chi connectivity index (χ2n) is 6.32. The number of benzene rings is 2. The number of carbonyl (C=O) groups is 1. The number of anilines is 1. The zero-order valence-corrected chi connectivity index (χ0v) is 17.6. The summed E-state index contributed by atoms with van der Waals surface area (Å²) in [5, 5.41) is 7.92. The number of pyridine rings is 1. The first kappa shape index (κ1) is 20.2. The summed E-state index contributed by atoms with van der Waals surface area (Å²) in [6.07, 6.45) is 0. The van der Waals surface area contributed by atoms with E-state index in [1.165, 1.54) is 6.07 Å². The number of hydrogen-bond donors (Lipinski definition) is 2. The minimum Gasteiger partial charge on any atom is -0.322 e. The predicted octanol–water partition coefficient (Wildman–Crippen LogP) is 4.03. The first-order valence-corrected chi connectivity index (χ1v) is 10.7. The number of nitrogens with two attached hydrogens (primary N) is 1. The Morgan fingerprint density at radius 3 is 2.46 bits per heavy atom. The van der Waals surface area contributed by atoms with E-state index in [-0.39, 0.29) is 10.8 Å². The van der Waals surface area contributed by atoms with Crippen LogP contribution < -0.4 is 10.5 Å². The number of primary sulfonamides is 1. The summed E-state index contributed by atoms with van der Waals surface area (Å²) < 4.78 is 24.3. The molecule has 1 aromatic heterocycles. The molecule has 0 saturated carbocycles. The molecule has 1 heterocycles. The molecule has 3 rings (SSSR count). The fourth-order valence-electron chi connectivity index (χ4n) is 2.79. The van der Waals surface area contributed by atoms with E-state index in [1.54, 1.807) is 38.1 Å². The van der Waals surface area contributed by atoms with E-state index in [0.717, 1.165) is 15.7 Å². The van der Waals surface area contributed by atoms with Crippen LogP contribution in [0.2, 0.25) is 0 Å². The minimum absolute atomic E-state index is 0.0230. The second-order valence-corrected chi connectivity index (χ2v) is 8.76. The van der Waals surface area contributed by atoms with Gasteiger partial charge in [0, 0.05) is 15.7 Å². The van der Waals surface area contributed by atoms with Crippen molar-refractivity contribution < 1.29 is 13.2 Å². The number of nitrogens with zero attached hydrogens (tertiary/aromatic N) is 1. The molecule has 0 aliphatic heterocycles. The number of carbonyl (C=O) groups excluding carboxylic acids is 1. The van der Waals surface area contributed by atoms with Gasteiger partial charge in [0.1, 0.15) is 0 Å². The average molecular weight is 460 g/mol. The molecule has 0 unspecified atom stereocenters. The van der Waals surface area contributed by atoms with E-state index in [9.17, 15) is 13.2 Å². The van der Waals surface area contributed by atoms with Gasteiger partial charge in [0.15, 0.2) is 0 Å². The monoisotopic (exact) mass is 459 g/mol. The van der Waals surface area contributed by atoms with Gasteiger partial charge in [-0.2, -0.15) is 0 Å². The highest BCUT2D eigenvalue weighted by Gasteiger charge is 2.15. The van der Waals surface area contributed by atoms with Crippen molar-refractivity contribution in [3.05, 3.63) is 75.9 Å². The molecule has 8 heteroatoms. The van der Waals surface area contributed by atoms with Crippen molar-refractivity contribution in [1.29, 1.82) is 0 Å². The Bertz CT molecular complexity index is 1180. The van der Waals surface area contributed by atoms with Gasteiger partial charge in [-0.15, -0.1) is 0 Å². The lowest BCUT2D eigenvalue weighted by atomic mass is 10.1. The summed E-state index contributed by atoms with van der Waals surface area (Å²) in [5.41, 5.74) is 3.50. The number of rotatable bonds is 4. The van der Waals surface area contributed by atoms with Gasteiger partial charge in [0.2, 0.25) is 10.0 Å². The van der Waals surface area contributed by atoms with Gasteiger partial charge in [-0.25, -0.2) is 13.6 Å². The van der Waals surface area contributed by atoms with Crippen molar-refractivity contribution in [1.82, 2.24) is 4.98 Å². The van der Waals surface area contributed by atoms with Crippen LogP contribution in [-0.2, 0) is 10.0 Å². The molecular weight excluding hydrogens is 442 g/mol. The molecule has 0 radical (unpaired) electrons. The molecular formula is C20H18BrN3O3S. The van der Waals surface area contributed by atoms with E-state index in [4.69, 9.17) is 5.14 Å². The SMILES string of the molecule is Cc1ccc(NC(=O)c2ccc(-c3cccc(Br)c3)nc2C)cc1S(N)(=O)=O. The maximum Gasteiger partial charge on any atom is 0.257 e. The number of halogens is 1. The highest BCUT2D eigenvalue weighted by Crippen LogP contribution is 2.24. The van der Waals surface area contributed by atoms with E-state index in [2.05, 4.69) is 26.2 Å². The summed E-state index contributed by atoms with van der Waals surface area (Å²) >= 11 is 3.43. The number of nitrogens with one attached hydrogen (secondary N) is 1. The van der Waals surface area contributed by atoms with Crippen molar-refractivity contribution in [2.45, 2.75) is 18.7 Å². The summed E-state index contributed by atoms with van der Waals surface area (Å²) in [7, 11) is -3.87. The molecule has 0 saturated heterocycles. The lowest BCUT2D eigenvalue weighted by Gasteiger charge is -2.11. The fraction of sp³-hybridized carbons (Fsp3) is 0.100. The molecule has 28 heavy (non-hydrogen) atoms. The van der Waals surface area contributed by atoms with E-state index >= 15 is 0 Å². The van der Waals surface area contributed by atoms with Gasteiger partial charge in [0.25, 0.3) is 5.91 Å². The summed E-state index contributed by atoms with van der Waals surface area (Å²) in [6, 6.07) is 15.8. The second kappa shape index (κ2) is 7.83. The van der Waals surface area contributed by atoms with Gasteiger partial charge in [0.05, 0.1) is 21.8 Å². The highest BCUT2D eigenvalue weighted by atomic mass is 79.9. The molecule has 0 atom stereocenters. The molecule has 6 nitrogen and oxygen atoms in total. The average Bonchev–Trinajstić information content (AvgIpc) is 2.62. The van der Waals surface area contributed by atoms with Crippen LogP contribution in [0, 0.1) is 13.8 Å². The Labute approximate surface area is 172 Å². The Morgan fingerprint density at radius 2 is 1.82 bits per heavy atom. The quantitative estimate of drug-likeness (QED) is 0.614. The van der Waals surface area contributed by atoms with Gasteiger partial charge < -0.3 is 5.32 Å².